The molecule has 4 aromatic rings. The van der Waals surface area contributed by atoms with Crippen molar-refractivity contribution in [2.45, 2.75) is 6.54 Å². The highest BCUT2D eigenvalue weighted by Gasteiger charge is 2.16. The maximum atomic E-state index is 11.7. The predicted molar refractivity (Wildman–Crippen MR) is 99.6 cm³/mol. The largest absolute Gasteiger partial charge is 0.477 e. The second-order valence-corrected chi connectivity index (χ2v) is 6.68. The molecular weight excluding hydrogens is 366 g/mol. The lowest BCUT2D eigenvalue weighted by Gasteiger charge is -2.11. The number of benzene rings is 3. The van der Waals surface area contributed by atoms with Crippen LogP contribution in [0.15, 0.2) is 71.2 Å². The van der Waals surface area contributed by atoms with Gasteiger partial charge in [0.15, 0.2) is 0 Å². The van der Waals surface area contributed by atoms with Crippen LogP contribution in [0, 0.1) is 0 Å². The Morgan fingerprint density at radius 3 is 2.58 bits per heavy atom. The first-order valence-corrected chi connectivity index (χ1v) is 8.41. The third-order valence-electron chi connectivity index (χ3n) is 4.29. The van der Waals surface area contributed by atoms with Gasteiger partial charge in [-0.2, -0.15) is 0 Å². The molecule has 1 N–H and O–H groups in total. The fourth-order valence-corrected chi connectivity index (χ4v) is 3.52. The summed E-state index contributed by atoms with van der Waals surface area (Å²) in [5, 5.41) is 12.8. The Balaban J connectivity index is 1.94. The smallest absolute Gasteiger partial charge is 0.352 e. The molecule has 4 heteroatoms. The average molecular weight is 380 g/mol. The molecule has 3 aromatic carbocycles. The van der Waals surface area contributed by atoms with Crippen molar-refractivity contribution in [2.75, 3.05) is 0 Å². The van der Waals surface area contributed by atoms with Crippen LogP contribution >= 0.6 is 15.9 Å². The first-order valence-electron chi connectivity index (χ1n) is 7.62. The van der Waals surface area contributed by atoms with Crippen LogP contribution in [0.25, 0.3) is 21.7 Å². The molecule has 0 aliphatic heterocycles. The van der Waals surface area contributed by atoms with E-state index in [1.165, 1.54) is 0 Å². The second kappa shape index (κ2) is 5.80. The summed E-state index contributed by atoms with van der Waals surface area (Å²) in [6.45, 7) is 0.517. The van der Waals surface area contributed by atoms with Gasteiger partial charge in [0.1, 0.15) is 5.69 Å². The molecular formula is C20H14BrNO2. The van der Waals surface area contributed by atoms with Crippen molar-refractivity contribution in [3.05, 3.63) is 82.5 Å². The van der Waals surface area contributed by atoms with E-state index in [1.54, 1.807) is 6.07 Å². The van der Waals surface area contributed by atoms with Gasteiger partial charge >= 0.3 is 5.97 Å². The zero-order chi connectivity index (χ0) is 16.7. The van der Waals surface area contributed by atoms with Gasteiger partial charge in [0.25, 0.3) is 0 Å². The summed E-state index contributed by atoms with van der Waals surface area (Å²) in [5.41, 5.74) is 2.32. The Morgan fingerprint density at radius 1 is 0.958 bits per heavy atom. The number of nitrogens with zero attached hydrogens (tertiary/aromatic N) is 1. The fraction of sp³-hybridized carbons (Fsp3) is 0.0500. The molecule has 24 heavy (non-hydrogen) atoms. The van der Waals surface area contributed by atoms with Gasteiger partial charge in [-0.3, -0.25) is 0 Å². The van der Waals surface area contributed by atoms with Gasteiger partial charge in [0.05, 0.1) is 5.52 Å². The number of hydrogen-bond donors (Lipinski definition) is 1. The molecule has 0 saturated carbocycles. The van der Waals surface area contributed by atoms with Crippen LogP contribution in [0.4, 0.5) is 0 Å². The average Bonchev–Trinajstić information content (AvgIpc) is 2.93. The molecule has 0 spiro atoms. The highest BCUT2D eigenvalue weighted by atomic mass is 79.9. The number of aromatic nitrogens is 1. The van der Waals surface area contributed by atoms with Crippen LogP contribution in [0.1, 0.15) is 16.1 Å². The molecule has 118 valence electrons. The Labute approximate surface area is 147 Å². The summed E-state index contributed by atoms with van der Waals surface area (Å²) in [6.07, 6.45) is 0. The van der Waals surface area contributed by atoms with Crippen LogP contribution in [0.5, 0.6) is 0 Å². The van der Waals surface area contributed by atoms with Gasteiger partial charge in [-0.15, -0.1) is 0 Å². The van der Waals surface area contributed by atoms with Gasteiger partial charge in [0.2, 0.25) is 0 Å². The Morgan fingerprint density at radius 2 is 1.75 bits per heavy atom. The fourth-order valence-electron chi connectivity index (χ4n) is 3.18. The zero-order valence-electron chi connectivity index (χ0n) is 12.7. The molecule has 0 bridgehead atoms. The summed E-state index contributed by atoms with van der Waals surface area (Å²) < 4.78 is 2.80. The Bertz CT molecular complexity index is 1080. The standard InChI is InChI=1S/C20H14BrNO2/c21-16-9-8-14-10-19(20(23)24)22(18(14)11-16)12-15-6-3-5-13-4-1-2-7-17(13)15/h1-11H,12H2,(H,23,24). The third kappa shape index (κ3) is 2.49. The third-order valence-corrected chi connectivity index (χ3v) is 4.79. The molecule has 1 aromatic heterocycles. The Hall–Kier alpha value is -2.59. The molecule has 4 rings (SSSR count). The first-order chi connectivity index (χ1) is 11.6. The molecule has 0 saturated heterocycles. The molecule has 0 atom stereocenters. The highest BCUT2D eigenvalue weighted by Crippen LogP contribution is 2.27. The number of hydrogen-bond acceptors (Lipinski definition) is 1. The molecule has 0 amide bonds. The van der Waals surface area contributed by atoms with Crippen LogP contribution in [0.2, 0.25) is 0 Å². The number of halogens is 1. The second-order valence-electron chi connectivity index (χ2n) is 5.76. The minimum absolute atomic E-state index is 0.302. The van der Waals surface area contributed by atoms with Crippen molar-refractivity contribution in [3.63, 3.8) is 0 Å². The minimum atomic E-state index is -0.914. The number of fused-ring (bicyclic) bond motifs is 2. The van der Waals surface area contributed by atoms with E-state index >= 15 is 0 Å². The van der Waals surface area contributed by atoms with Crippen molar-refractivity contribution in [3.8, 4) is 0 Å². The predicted octanol–water partition coefficient (Wildman–Crippen LogP) is 5.30. The van der Waals surface area contributed by atoms with Gasteiger partial charge in [-0.1, -0.05) is 64.5 Å². The van der Waals surface area contributed by atoms with E-state index < -0.39 is 5.97 Å². The van der Waals surface area contributed by atoms with Crippen molar-refractivity contribution in [2.24, 2.45) is 0 Å². The minimum Gasteiger partial charge on any atom is -0.477 e. The van der Waals surface area contributed by atoms with E-state index in [0.717, 1.165) is 31.7 Å². The maximum absolute atomic E-state index is 11.7. The van der Waals surface area contributed by atoms with Gasteiger partial charge in [-0.25, -0.2) is 4.79 Å². The summed E-state index contributed by atoms with van der Waals surface area (Å²) in [6, 6.07) is 21.9. The molecule has 0 radical (unpaired) electrons. The van der Waals surface area contributed by atoms with Crippen LogP contribution in [0.3, 0.4) is 0 Å². The quantitative estimate of drug-likeness (QED) is 0.524. The number of carboxylic acid groups (broad SMARTS) is 1. The van der Waals surface area contributed by atoms with Gasteiger partial charge < -0.3 is 9.67 Å². The van der Waals surface area contributed by atoms with E-state index in [0.29, 0.717) is 12.2 Å². The molecule has 0 unspecified atom stereocenters. The van der Waals surface area contributed by atoms with E-state index in [9.17, 15) is 9.90 Å². The lowest BCUT2D eigenvalue weighted by atomic mass is 10.0. The van der Waals surface area contributed by atoms with E-state index in [-0.39, 0.29) is 0 Å². The SMILES string of the molecule is O=C(O)c1cc2ccc(Br)cc2n1Cc1cccc2ccccc12. The number of carboxylic acids is 1. The van der Waals surface area contributed by atoms with Crippen LogP contribution in [-0.4, -0.2) is 15.6 Å². The molecule has 3 nitrogen and oxygen atoms in total. The normalized spacial score (nSPS) is 11.2. The van der Waals surface area contributed by atoms with Crippen LogP contribution in [-0.2, 0) is 6.54 Å². The lowest BCUT2D eigenvalue weighted by molar-refractivity contribution is 0.0686. The lowest BCUT2D eigenvalue weighted by Crippen LogP contribution is -2.09. The van der Waals surface area contributed by atoms with Crippen LogP contribution < -0.4 is 0 Å². The summed E-state index contributed by atoms with van der Waals surface area (Å²) in [4.78, 5) is 11.7. The van der Waals surface area contributed by atoms with Gasteiger partial charge in [0, 0.05) is 16.4 Å². The monoisotopic (exact) mass is 379 g/mol. The van der Waals surface area contributed by atoms with E-state index in [1.807, 2.05) is 41.0 Å². The molecule has 0 aliphatic rings. The van der Waals surface area contributed by atoms with Crippen molar-refractivity contribution < 1.29 is 9.90 Å². The topological polar surface area (TPSA) is 42.2 Å². The number of carbonyl (C=O) groups is 1. The Kier molecular flexibility index (Phi) is 3.62. The van der Waals surface area contributed by atoms with E-state index in [2.05, 4.69) is 40.2 Å². The highest BCUT2D eigenvalue weighted by molar-refractivity contribution is 9.10. The molecule has 1 heterocycles. The van der Waals surface area contributed by atoms with Crippen molar-refractivity contribution in [1.29, 1.82) is 0 Å². The van der Waals surface area contributed by atoms with E-state index in [4.69, 9.17) is 0 Å². The van der Waals surface area contributed by atoms with Crippen molar-refractivity contribution >= 4 is 43.6 Å². The first kappa shape index (κ1) is 15.0. The van der Waals surface area contributed by atoms with Crippen molar-refractivity contribution in [1.82, 2.24) is 4.57 Å². The number of aromatic carboxylic acids is 1. The maximum Gasteiger partial charge on any atom is 0.352 e. The molecule has 0 aliphatic carbocycles. The van der Waals surface area contributed by atoms with Gasteiger partial charge in [-0.05, 0) is 34.5 Å². The summed E-state index contributed by atoms with van der Waals surface area (Å²) in [7, 11) is 0. The summed E-state index contributed by atoms with van der Waals surface area (Å²) >= 11 is 3.48. The summed E-state index contributed by atoms with van der Waals surface area (Å²) in [5.74, 6) is -0.914. The zero-order valence-corrected chi connectivity index (χ0v) is 14.3. The molecule has 0 fully saturated rings. The number of rotatable bonds is 3.